The monoisotopic (exact) mass is 702 g/mol. The molecule has 0 N–H and O–H groups in total. The van der Waals surface area contributed by atoms with E-state index in [1.807, 2.05) is 18.2 Å². The van der Waals surface area contributed by atoms with Gasteiger partial charge in [-0.25, -0.2) is 0 Å². The van der Waals surface area contributed by atoms with Crippen molar-refractivity contribution in [3.63, 3.8) is 0 Å². The Morgan fingerprint density at radius 1 is 0.370 bits per heavy atom. The van der Waals surface area contributed by atoms with Gasteiger partial charge in [0.25, 0.3) is 0 Å². The fourth-order valence-electron chi connectivity index (χ4n) is 7.56. The van der Waals surface area contributed by atoms with Crippen molar-refractivity contribution in [3.8, 4) is 22.6 Å². The minimum Gasteiger partial charge on any atom is -0.493 e. The average molecular weight is 703 g/mol. The van der Waals surface area contributed by atoms with E-state index in [0.717, 1.165) is 78.0 Å². The number of unbranched alkanes of at least 4 members (excludes halogenated alkanes) is 2. The fourth-order valence-corrected chi connectivity index (χ4v) is 7.56. The minimum absolute atomic E-state index is 0.627. The van der Waals surface area contributed by atoms with Crippen LogP contribution < -0.4 is 9.47 Å². The maximum absolute atomic E-state index is 6.46. The Hall–Kier alpha value is -6.26. The zero-order valence-corrected chi connectivity index (χ0v) is 30.4. The van der Waals surface area contributed by atoms with Gasteiger partial charge in [0, 0.05) is 28.2 Å². The summed E-state index contributed by atoms with van der Waals surface area (Å²) < 4.78 is 12.9. The van der Waals surface area contributed by atoms with Crippen LogP contribution in [0.1, 0.15) is 37.1 Å². The van der Waals surface area contributed by atoms with Gasteiger partial charge in [0.15, 0.2) is 0 Å². The molecular weight excluding hydrogens is 661 g/mol. The molecule has 0 atom stereocenters. The lowest BCUT2D eigenvalue weighted by atomic mass is 9.94. The summed E-state index contributed by atoms with van der Waals surface area (Å²) in [5.74, 6) is 1.66. The standard InChI is InChI=1S/C50H42N2O2/c1-2-15-38-29-41-33-48-39(30-40(41)28-37(38)14-1)16-11-19-47(48)42-31-45(53-26-9-7-17-43-24-22-35-12-3-5-20-49(35)51-43)34-46(32-42)54-27-10-8-18-44-25-23-36-13-4-6-21-50(36)52-44/h1-6,11-16,19-25,28-34H,7-10,17-18,26-27H2. The summed E-state index contributed by atoms with van der Waals surface area (Å²) in [4.78, 5) is 9.71. The van der Waals surface area contributed by atoms with Crippen LogP contribution in [0.4, 0.5) is 0 Å². The number of ether oxygens (including phenoxy) is 2. The molecule has 2 aromatic heterocycles. The number of benzene rings is 7. The number of nitrogens with zero attached hydrogens (tertiary/aromatic N) is 2. The zero-order valence-electron chi connectivity index (χ0n) is 30.4. The van der Waals surface area contributed by atoms with Crippen LogP contribution in [0.5, 0.6) is 11.5 Å². The fraction of sp³-hybridized carbons (Fsp3) is 0.160. The number of hydrogen-bond acceptors (Lipinski definition) is 4. The van der Waals surface area contributed by atoms with Crippen LogP contribution in [0, 0.1) is 0 Å². The van der Waals surface area contributed by atoms with Gasteiger partial charge in [0.2, 0.25) is 0 Å². The largest absolute Gasteiger partial charge is 0.493 e. The molecule has 0 bridgehead atoms. The van der Waals surface area contributed by atoms with Crippen molar-refractivity contribution in [1.29, 1.82) is 0 Å². The Bertz CT molecular complexity index is 2650. The van der Waals surface area contributed by atoms with Gasteiger partial charge < -0.3 is 9.47 Å². The maximum atomic E-state index is 6.46. The van der Waals surface area contributed by atoms with Crippen molar-refractivity contribution in [2.24, 2.45) is 0 Å². The van der Waals surface area contributed by atoms with E-state index >= 15 is 0 Å². The number of para-hydroxylation sites is 2. The third kappa shape index (κ3) is 7.47. The summed E-state index contributed by atoms with van der Waals surface area (Å²) >= 11 is 0. The molecule has 264 valence electrons. The van der Waals surface area contributed by atoms with Crippen LogP contribution in [0.3, 0.4) is 0 Å². The molecule has 2 heterocycles. The molecule has 0 fully saturated rings. The van der Waals surface area contributed by atoms with Gasteiger partial charge >= 0.3 is 0 Å². The summed E-state index contributed by atoms with van der Waals surface area (Å²) in [7, 11) is 0. The first-order chi connectivity index (χ1) is 26.7. The van der Waals surface area contributed by atoms with Crippen LogP contribution >= 0.6 is 0 Å². The lowest BCUT2D eigenvalue weighted by molar-refractivity contribution is 0.292. The molecule has 4 nitrogen and oxygen atoms in total. The average Bonchev–Trinajstić information content (AvgIpc) is 3.21. The summed E-state index contributed by atoms with van der Waals surface area (Å²) in [6.45, 7) is 1.25. The van der Waals surface area contributed by atoms with Gasteiger partial charge in [0.1, 0.15) is 11.5 Å². The van der Waals surface area contributed by atoms with Crippen molar-refractivity contribution in [2.75, 3.05) is 13.2 Å². The van der Waals surface area contributed by atoms with Crippen molar-refractivity contribution in [1.82, 2.24) is 9.97 Å². The lowest BCUT2D eigenvalue weighted by Crippen LogP contribution is -2.02. The first kappa shape index (κ1) is 33.6. The smallest absolute Gasteiger partial charge is 0.123 e. The van der Waals surface area contributed by atoms with Crippen molar-refractivity contribution in [2.45, 2.75) is 38.5 Å². The molecule has 0 aliphatic carbocycles. The van der Waals surface area contributed by atoms with Crippen LogP contribution in [-0.2, 0) is 12.8 Å². The third-order valence-corrected chi connectivity index (χ3v) is 10.4. The highest BCUT2D eigenvalue weighted by molar-refractivity contribution is 6.08. The highest BCUT2D eigenvalue weighted by atomic mass is 16.5. The molecule has 9 rings (SSSR count). The third-order valence-electron chi connectivity index (χ3n) is 10.4. The molecule has 7 aromatic carbocycles. The number of fused-ring (bicyclic) bond motifs is 5. The van der Waals surface area contributed by atoms with E-state index in [1.165, 1.54) is 48.7 Å². The Kier molecular flexibility index (Phi) is 9.56. The van der Waals surface area contributed by atoms with E-state index in [0.29, 0.717) is 13.2 Å². The minimum atomic E-state index is 0.627. The predicted octanol–water partition coefficient (Wildman–Crippen LogP) is 12.7. The van der Waals surface area contributed by atoms with Crippen molar-refractivity contribution in [3.05, 3.63) is 169 Å². The molecule has 4 heteroatoms. The molecule has 0 spiro atoms. The number of pyridine rings is 2. The van der Waals surface area contributed by atoms with E-state index in [2.05, 4.69) is 140 Å². The molecular formula is C50H42N2O2. The van der Waals surface area contributed by atoms with Crippen LogP contribution in [0.2, 0.25) is 0 Å². The predicted molar refractivity (Wildman–Crippen MR) is 225 cm³/mol. The van der Waals surface area contributed by atoms with E-state index in [-0.39, 0.29) is 0 Å². The molecule has 0 aliphatic heterocycles. The zero-order chi connectivity index (χ0) is 36.1. The first-order valence-corrected chi connectivity index (χ1v) is 19.2. The van der Waals surface area contributed by atoms with Gasteiger partial charge in [0.05, 0.1) is 24.2 Å². The van der Waals surface area contributed by atoms with Crippen LogP contribution in [0.15, 0.2) is 158 Å². The second-order valence-corrected chi connectivity index (χ2v) is 14.2. The maximum Gasteiger partial charge on any atom is 0.123 e. The van der Waals surface area contributed by atoms with Crippen molar-refractivity contribution >= 4 is 54.1 Å². The molecule has 54 heavy (non-hydrogen) atoms. The van der Waals surface area contributed by atoms with E-state index < -0.39 is 0 Å². The molecule has 0 amide bonds. The summed E-state index contributed by atoms with van der Waals surface area (Å²) in [5, 5.41) is 9.78. The second kappa shape index (κ2) is 15.4. The molecule has 0 radical (unpaired) electrons. The molecule has 9 aromatic rings. The summed E-state index contributed by atoms with van der Waals surface area (Å²) in [6.07, 6.45) is 5.74. The number of rotatable bonds is 13. The van der Waals surface area contributed by atoms with Gasteiger partial charge in [-0.05, 0) is 143 Å². The molecule has 0 saturated heterocycles. The Morgan fingerprint density at radius 3 is 1.46 bits per heavy atom. The molecule has 0 saturated carbocycles. The first-order valence-electron chi connectivity index (χ1n) is 19.2. The van der Waals surface area contributed by atoms with Gasteiger partial charge in [-0.1, -0.05) is 91.0 Å². The molecule has 0 unspecified atom stereocenters. The van der Waals surface area contributed by atoms with E-state index in [4.69, 9.17) is 19.4 Å². The quantitative estimate of drug-likeness (QED) is 0.0886. The van der Waals surface area contributed by atoms with Gasteiger partial charge in [-0.3, -0.25) is 9.97 Å². The molecule has 0 aliphatic rings. The normalized spacial score (nSPS) is 11.6. The summed E-state index contributed by atoms with van der Waals surface area (Å²) in [5.41, 5.74) is 6.61. The van der Waals surface area contributed by atoms with Crippen LogP contribution in [0.25, 0.3) is 65.3 Å². The van der Waals surface area contributed by atoms with Gasteiger partial charge in [-0.15, -0.1) is 0 Å². The SMILES string of the molecule is c1ccc2cc3cc4c(-c5cc(OCCCCc6ccc7ccccc7n6)cc(OCCCCc6ccc7ccccc7n6)c5)cccc4cc3cc2c1. The Labute approximate surface area is 316 Å². The highest BCUT2D eigenvalue weighted by Crippen LogP contribution is 2.37. The topological polar surface area (TPSA) is 44.2 Å². The number of aromatic nitrogens is 2. The van der Waals surface area contributed by atoms with E-state index in [1.54, 1.807) is 0 Å². The Morgan fingerprint density at radius 2 is 0.870 bits per heavy atom. The number of hydrogen-bond donors (Lipinski definition) is 0. The van der Waals surface area contributed by atoms with E-state index in [9.17, 15) is 0 Å². The lowest BCUT2D eigenvalue weighted by Gasteiger charge is -2.15. The van der Waals surface area contributed by atoms with Crippen molar-refractivity contribution < 1.29 is 9.47 Å². The Balaban J connectivity index is 0.931. The summed E-state index contributed by atoms with van der Waals surface area (Å²) in [6, 6.07) is 56.0. The van der Waals surface area contributed by atoms with Gasteiger partial charge in [-0.2, -0.15) is 0 Å². The highest BCUT2D eigenvalue weighted by Gasteiger charge is 2.11. The number of aryl methyl sites for hydroxylation is 2. The second-order valence-electron chi connectivity index (χ2n) is 14.2. The van der Waals surface area contributed by atoms with Crippen LogP contribution in [-0.4, -0.2) is 23.2 Å².